The van der Waals surface area contributed by atoms with Crippen LogP contribution >= 0.6 is 0 Å². The minimum Gasteiger partial charge on any atom is -0.343 e. The highest BCUT2D eigenvalue weighted by atomic mass is 15.0. The molecule has 0 aliphatic carbocycles. The molecule has 0 aliphatic rings. The van der Waals surface area contributed by atoms with Crippen molar-refractivity contribution >= 4 is 32.6 Å². The van der Waals surface area contributed by atoms with Gasteiger partial charge in [0, 0.05) is 29.7 Å². The Hall–Kier alpha value is -3.20. The van der Waals surface area contributed by atoms with Crippen molar-refractivity contribution in [3.05, 3.63) is 84.9 Å². The minimum absolute atomic E-state index is 0.852. The van der Waals surface area contributed by atoms with Gasteiger partial charge in [0.15, 0.2) is 0 Å². The van der Waals surface area contributed by atoms with E-state index in [1.54, 1.807) is 6.33 Å². The van der Waals surface area contributed by atoms with Crippen molar-refractivity contribution in [2.45, 2.75) is 6.54 Å². The quantitative estimate of drug-likeness (QED) is 0.469. The molecule has 2 heterocycles. The van der Waals surface area contributed by atoms with Gasteiger partial charge in [0.1, 0.15) is 6.33 Å². The first-order valence-electron chi connectivity index (χ1n) is 8.04. The number of hydrogen-bond acceptors (Lipinski definition) is 2. The molecule has 0 bridgehead atoms. The van der Waals surface area contributed by atoms with Crippen molar-refractivity contribution in [2.24, 2.45) is 0 Å². The minimum atomic E-state index is 0.852. The Balaban J connectivity index is 1.62. The first kappa shape index (κ1) is 13.3. The lowest BCUT2D eigenvalue weighted by atomic mass is 10.1. The van der Waals surface area contributed by atoms with Crippen molar-refractivity contribution < 1.29 is 0 Å². The van der Waals surface area contributed by atoms with Crippen molar-refractivity contribution in [2.75, 3.05) is 0 Å². The van der Waals surface area contributed by atoms with E-state index in [0.717, 1.165) is 17.4 Å². The van der Waals surface area contributed by atoms with Gasteiger partial charge in [0.25, 0.3) is 0 Å². The lowest BCUT2D eigenvalue weighted by Crippen LogP contribution is -1.97. The number of fused-ring (bicyclic) bond motifs is 4. The number of nitrogens with zero attached hydrogens (tertiary/aromatic N) is 3. The van der Waals surface area contributed by atoms with Crippen LogP contribution in [0.4, 0.5) is 0 Å². The zero-order chi connectivity index (χ0) is 15.9. The summed E-state index contributed by atoms with van der Waals surface area (Å²) in [4.78, 5) is 8.55. The van der Waals surface area contributed by atoms with E-state index in [-0.39, 0.29) is 0 Å². The average molecular weight is 309 g/mol. The molecule has 0 unspecified atom stereocenters. The largest absolute Gasteiger partial charge is 0.343 e. The fraction of sp³-hybridized carbons (Fsp3) is 0.0476. The van der Waals surface area contributed by atoms with Crippen molar-refractivity contribution in [1.82, 2.24) is 14.5 Å². The smallest absolute Gasteiger partial charge is 0.116 e. The Kier molecular flexibility index (Phi) is 2.85. The summed E-state index contributed by atoms with van der Waals surface area (Å²) in [5.41, 5.74) is 3.52. The Morgan fingerprint density at radius 2 is 1.71 bits per heavy atom. The van der Waals surface area contributed by atoms with Crippen LogP contribution in [0.2, 0.25) is 0 Å². The maximum Gasteiger partial charge on any atom is 0.116 e. The summed E-state index contributed by atoms with van der Waals surface area (Å²) in [6.07, 6.45) is 5.62. The Morgan fingerprint density at radius 3 is 2.67 bits per heavy atom. The van der Waals surface area contributed by atoms with E-state index in [4.69, 9.17) is 0 Å². The molecule has 114 valence electrons. The van der Waals surface area contributed by atoms with Crippen LogP contribution in [-0.2, 0) is 6.54 Å². The molecule has 3 aromatic carbocycles. The normalized spacial score (nSPS) is 11.5. The standard InChI is InChI=1S/C21H15N3/c1-2-4-17-11-15(5-6-16(17)3-1)13-24-10-9-19-20(24)8-7-18-12-22-14-23-21(18)19/h1-12,14H,13H2. The van der Waals surface area contributed by atoms with E-state index in [1.807, 2.05) is 6.20 Å². The van der Waals surface area contributed by atoms with Crippen LogP contribution < -0.4 is 0 Å². The summed E-state index contributed by atoms with van der Waals surface area (Å²) in [5.74, 6) is 0. The number of benzene rings is 3. The molecule has 0 aliphatic heterocycles. The van der Waals surface area contributed by atoms with Gasteiger partial charge >= 0.3 is 0 Å². The highest BCUT2D eigenvalue weighted by molar-refractivity contribution is 6.03. The van der Waals surface area contributed by atoms with Crippen molar-refractivity contribution in [1.29, 1.82) is 0 Å². The molecule has 0 fully saturated rings. The molecule has 3 heteroatoms. The summed E-state index contributed by atoms with van der Waals surface area (Å²) in [6, 6.07) is 21.5. The lowest BCUT2D eigenvalue weighted by molar-refractivity contribution is 0.838. The topological polar surface area (TPSA) is 30.7 Å². The molecule has 5 aromatic rings. The third-order valence-corrected chi connectivity index (χ3v) is 4.59. The molecule has 2 aromatic heterocycles. The molecule has 5 rings (SSSR count). The fourth-order valence-electron chi connectivity index (χ4n) is 3.40. The number of aromatic nitrogens is 3. The van der Waals surface area contributed by atoms with Crippen molar-refractivity contribution in [3.8, 4) is 0 Å². The van der Waals surface area contributed by atoms with Crippen LogP contribution in [0.3, 0.4) is 0 Å². The predicted octanol–water partition coefficient (Wildman–Crippen LogP) is 4.79. The van der Waals surface area contributed by atoms with Crippen LogP contribution in [0.15, 0.2) is 79.4 Å². The second-order valence-corrected chi connectivity index (χ2v) is 6.08. The van der Waals surface area contributed by atoms with Gasteiger partial charge < -0.3 is 4.57 Å². The molecule has 0 saturated heterocycles. The highest BCUT2D eigenvalue weighted by Crippen LogP contribution is 2.25. The Bertz CT molecular complexity index is 1190. The van der Waals surface area contributed by atoms with Gasteiger partial charge in [-0.05, 0) is 40.6 Å². The molecule has 0 atom stereocenters. The third kappa shape index (κ3) is 2.06. The SMILES string of the molecule is c1ccc2cc(Cn3ccc4c5ncncc5ccc43)ccc2c1. The van der Waals surface area contributed by atoms with Gasteiger partial charge in [-0.3, -0.25) is 0 Å². The summed E-state index contributed by atoms with van der Waals surface area (Å²) in [7, 11) is 0. The zero-order valence-electron chi connectivity index (χ0n) is 13.1. The van der Waals surface area contributed by atoms with E-state index in [1.165, 1.54) is 27.2 Å². The molecular formula is C21H15N3. The monoisotopic (exact) mass is 309 g/mol. The number of hydrogen-bond donors (Lipinski definition) is 0. The predicted molar refractivity (Wildman–Crippen MR) is 98.1 cm³/mol. The van der Waals surface area contributed by atoms with Gasteiger partial charge in [-0.25, -0.2) is 9.97 Å². The molecule has 0 spiro atoms. The second-order valence-electron chi connectivity index (χ2n) is 6.08. The van der Waals surface area contributed by atoms with Gasteiger partial charge in [-0.1, -0.05) is 36.4 Å². The second kappa shape index (κ2) is 5.17. The molecule has 0 amide bonds. The van der Waals surface area contributed by atoms with Crippen molar-refractivity contribution in [3.63, 3.8) is 0 Å². The lowest BCUT2D eigenvalue weighted by Gasteiger charge is -2.08. The summed E-state index contributed by atoms with van der Waals surface area (Å²) in [5, 5.41) is 4.81. The van der Waals surface area contributed by atoms with Crippen LogP contribution in [0.5, 0.6) is 0 Å². The number of rotatable bonds is 2. The summed E-state index contributed by atoms with van der Waals surface area (Å²) in [6.45, 7) is 0.852. The van der Waals surface area contributed by atoms with E-state index >= 15 is 0 Å². The zero-order valence-corrected chi connectivity index (χ0v) is 13.1. The van der Waals surface area contributed by atoms with Gasteiger partial charge in [0.05, 0.1) is 11.0 Å². The Morgan fingerprint density at radius 1 is 0.833 bits per heavy atom. The van der Waals surface area contributed by atoms with Gasteiger partial charge in [-0.2, -0.15) is 0 Å². The average Bonchev–Trinajstić information content (AvgIpc) is 3.05. The first-order chi connectivity index (χ1) is 11.9. The van der Waals surface area contributed by atoms with Gasteiger partial charge in [-0.15, -0.1) is 0 Å². The van der Waals surface area contributed by atoms with Crippen LogP contribution in [0, 0.1) is 0 Å². The van der Waals surface area contributed by atoms with Crippen LogP contribution in [0.25, 0.3) is 32.6 Å². The maximum atomic E-state index is 4.45. The fourth-order valence-corrected chi connectivity index (χ4v) is 3.40. The molecular weight excluding hydrogens is 294 g/mol. The van der Waals surface area contributed by atoms with E-state index < -0.39 is 0 Å². The summed E-state index contributed by atoms with van der Waals surface area (Å²) < 4.78 is 2.28. The van der Waals surface area contributed by atoms with E-state index in [9.17, 15) is 0 Å². The molecule has 0 N–H and O–H groups in total. The first-order valence-corrected chi connectivity index (χ1v) is 8.04. The van der Waals surface area contributed by atoms with E-state index in [2.05, 4.69) is 81.4 Å². The maximum absolute atomic E-state index is 4.45. The summed E-state index contributed by atoms with van der Waals surface area (Å²) >= 11 is 0. The van der Waals surface area contributed by atoms with Crippen LogP contribution in [0.1, 0.15) is 5.56 Å². The molecule has 0 saturated carbocycles. The molecule has 0 radical (unpaired) electrons. The Labute approximate surface area is 139 Å². The molecule has 24 heavy (non-hydrogen) atoms. The third-order valence-electron chi connectivity index (χ3n) is 4.59. The molecule has 3 nitrogen and oxygen atoms in total. The highest BCUT2D eigenvalue weighted by Gasteiger charge is 2.07. The van der Waals surface area contributed by atoms with Gasteiger partial charge in [0.2, 0.25) is 0 Å². The van der Waals surface area contributed by atoms with E-state index in [0.29, 0.717) is 0 Å². The van der Waals surface area contributed by atoms with Crippen LogP contribution in [-0.4, -0.2) is 14.5 Å².